The van der Waals surface area contributed by atoms with Crippen molar-refractivity contribution in [2.24, 2.45) is 0 Å². The van der Waals surface area contributed by atoms with Gasteiger partial charge in [-0.05, 0) is 11.8 Å². The molecule has 0 atom stereocenters. The predicted octanol–water partition coefficient (Wildman–Crippen LogP) is 1.36. The molecule has 0 aliphatic rings. The first kappa shape index (κ1) is 7.89. The second kappa shape index (κ2) is 3.84. The minimum atomic E-state index is 1.03. The molecule has 0 spiro atoms. The van der Waals surface area contributed by atoms with E-state index in [-0.39, 0.29) is 0 Å². The van der Waals surface area contributed by atoms with Gasteiger partial charge in [0.1, 0.15) is 7.85 Å². The van der Waals surface area contributed by atoms with Crippen molar-refractivity contribution < 1.29 is 0 Å². The van der Waals surface area contributed by atoms with Crippen LogP contribution in [0.25, 0.3) is 0 Å². The highest BCUT2D eigenvalue weighted by Crippen LogP contribution is 2.02. The van der Waals surface area contributed by atoms with E-state index in [4.69, 9.17) is 0 Å². The Bertz CT molecular complexity index is 120. The Kier molecular flexibility index (Phi) is 3.79. The van der Waals surface area contributed by atoms with E-state index in [2.05, 4.69) is 27.4 Å². The van der Waals surface area contributed by atoms with Gasteiger partial charge in [-0.1, -0.05) is 19.1 Å². The summed E-state index contributed by atoms with van der Waals surface area (Å²) in [5.41, 5.74) is 1.29. The minimum absolute atomic E-state index is 1.03. The second-order valence-electron chi connectivity index (χ2n) is 1.94. The quantitative estimate of drug-likeness (QED) is 0.306. The molecule has 0 heterocycles. The summed E-state index contributed by atoms with van der Waals surface area (Å²) >= 11 is 4.15. The molecule has 0 rings (SSSR count). The Labute approximate surface area is 57.5 Å². The summed E-state index contributed by atoms with van der Waals surface area (Å²) < 4.78 is 0. The maximum absolute atomic E-state index is 4.15. The molecule has 0 aromatic rings. The van der Waals surface area contributed by atoms with Crippen molar-refractivity contribution in [1.29, 1.82) is 0 Å². The smallest absolute Gasteiger partial charge is 0.133 e. The molecule has 0 saturated heterocycles. The van der Waals surface area contributed by atoms with Gasteiger partial charge in [-0.2, -0.15) is 0 Å². The fourth-order valence-corrected chi connectivity index (χ4v) is 0.637. The van der Waals surface area contributed by atoms with E-state index in [1.54, 1.807) is 0 Å². The molecule has 44 valence electrons. The molecule has 0 aliphatic heterocycles. The van der Waals surface area contributed by atoms with Crippen molar-refractivity contribution in [3.8, 4) is 0 Å². The fourth-order valence-electron chi connectivity index (χ4n) is 0.379. The lowest BCUT2D eigenvalue weighted by Gasteiger charge is -1.87. The molecule has 0 N–H and O–H groups in total. The zero-order valence-electron chi connectivity index (χ0n) is 5.60. The summed E-state index contributed by atoms with van der Waals surface area (Å²) in [5, 5.41) is 0. The van der Waals surface area contributed by atoms with Crippen LogP contribution in [-0.4, -0.2) is 7.85 Å². The summed E-state index contributed by atoms with van der Waals surface area (Å²) in [7, 11) is 2.06. The average molecular weight is 126 g/mol. The molecule has 0 aromatic carbocycles. The van der Waals surface area contributed by atoms with Crippen molar-refractivity contribution >= 4 is 20.5 Å². The average Bonchev–Trinajstić information content (AvgIpc) is 1.65. The molecule has 0 bridgehead atoms. The third-order valence-electron chi connectivity index (χ3n) is 0.732. The summed E-state index contributed by atoms with van der Waals surface area (Å²) in [6.45, 7) is 4.03. The first-order valence-electron chi connectivity index (χ1n) is 2.67. The van der Waals surface area contributed by atoms with E-state index in [0.717, 1.165) is 4.91 Å². The molecule has 8 heavy (non-hydrogen) atoms. The summed E-state index contributed by atoms with van der Waals surface area (Å²) in [6, 6.07) is 0. The first-order valence-corrected chi connectivity index (χ1v) is 3.11. The number of hydrogen-bond donors (Lipinski definition) is 1. The Morgan fingerprint density at radius 3 is 2.25 bits per heavy atom. The topological polar surface area (TPSA) is 0 Å². The summed E-state index contributed by atoms with van der Waals surface area (Å²) in [6.07, 6.45) is 4.00. The van der Waals surface area contributed by atoms with E-state index in [0.29, 0.717) is 0 Å². The van der Waals surface area contributed by atoms with Gasteiger partial charge in [-0.25, -0.2) is 0 Å². The van der Waals surface area contributed by atoms with Crippen LogP contribution >= 0.6 is 12.6 Å². The van der Waals surface area contributed by atoms with Crippen LogP contribution in [0.3, 0.4) is 0 Å². The third kappa shape index (κ3) is 4.06. The van der Waals surface area contributed by atoms with E-state index in [9.17, 15) is 0 Å². The number of rotatable bonds is 1. The molecule has 0 radical (unpaired) electrons. The monoisotopic (exact) mass is 126 g/mol. The van der Waals surface area contributed by atoms with Crippen LogP contribution in [0.5, 0.6) is 0 Å². The van der Waals surface area contributed by atoms with Gasteiger partial charge in [0.2, 0.25) is 0 Å². The highest BCUT2D eigenvalue weighted by Gasteiger charge is 1.78. The van der Waals surface area contributed by atoms with Gasteiger partial charge >= 0.3 is 0 Å². The van der Waals surface area contributed by atoms with Gasteiger partial charge in [0.25, 0.3) is 0 Å². The van der Waals surface area contributed by atoms with E-state index in [1.165, 1.54) is 5.47 Å². The SMILES string of the molecule is B/C(C)=C/C(S)=C\C. The zero-order valence-corrected chi connectivity index (χ0v) is 6.50. The maximum atomic E-state index is 4.15. The minimum Gasteiger partial charge on any atom is -0.144 e. The summed E-state index contributed by atoms with van der Waals surface area (Å²) in [4.78, 5) is 1.03. The second-order valence-corrected chi connectivity index (χ2v) is 2.45. The van der Waals surface area contributed by atoms with Gasteiger partial charge in [0.05, 0.1) is 0 Å². The Balaban J connectivity index is 3.89. The Hall–Kier alpha value is -0.105. The van der Waals surface area contributed by atoms with Crippen LogP contribution in [0.4, 0.5) is 0 Å². The van der Waals surface area contributed by atoms with Crippen LogP contribution in [0.15, 0.2) is 22.5 Å². The Morgan fingerprint density at radius 1 is 1.62 bits per heavy atom. The van der Waals surface area contributed by atoms with Crippen LogP contribution in [0.2, 0.25) is 0 Å². The van der Waals surface area contributed by atoms with Crippen LogP contribution in [0, 0.1) is 0 Å². The lowest BCUT2D eigenvalue weighted by atomic mass is 9.98. The van der Waals surface area contributed by atoms with Crippen LogP contribution in [-0.2, 0) is 0 Å². The van der Waals surface area contributed by atoms with E-state index >= 15 is 0 Å². The first-order chi connectivity index (χ1) is 3.66. The zero-order chi connectivity index (χ0) is 6.57. The fraction of sp³-hybridized carbons (Fsp3) is 0.333. The molecular formula is C6H11BS. The van der Waals surface area contributed by atoms with Crippen molar-refractivity contribution in [2.45, 2.75) is 13.8 Å². The molecule has 0 fully saturated rings. The van der Waals surface area contributed by atoms with Crippen molar-refractivity contribution in [3.05, 3.63) is 22.5 Å². The maximum Gasteiger partial charge on any atom is 0.133 e. The molecule has 0 aromatic heterocycles. The molecule has 0 nitrogen and oxygen atoms in total. The van der Waals surface area contributed by atoms with Gasteiger partial charge in [-0.3, -0.25) is 0 Å². The highest BCUT2D eigenvalue weighted by molar-refractivity contribution is 7.84. The standard InChI is InChI=1S/C6H11BS/c1-3-6(8)4-5(2)7/h3-4,8H,7H2,1-2H3/b5-4+,6-3+. The van der Waals surface area contributed by atoms with Crippen molar-refractivity contribution in [2.75, 3.05) is 0 Å². The van der Waals surface area contributed by atoms with Gasteiger partial charge in [-0.15, -0.1) is 18.1 Å². The van der Waals surface area contributed by atoms with Crippen LogP contribution < -0.4 is 0 Å². The molecule has 0 amide bonds. The van der Waals surface area contributed by atoms with E-state index < -0.39 is 0 Å². The van der Waals surface area contributed by atoms with Gasteiger partial charge in [0.15, 0.2) is 0 Å². The van der Waals surface area contributed by atoms with Crippen molar-refractivity contribution in [3.63, 3.8) is 0 Å². The number of thiol groups is 1. The molecule has 0 unspecified atom stereocenters. The largest absolute Gasteiger partial charge is 0.144 e. The number of allylic oxidation sites excluding steroid dienone is 3. The molecular weight excluding hydrogens is 115 g/mol. The lowest BCUT2D eigenvalue weighted by Crippen LogP contribution is -1.70. The normalized spacial score (nSPS) is 14.4. The molecule has 0 aliphatic carbocycles. The highest BCUT2D eigenvalue weighted by atomic mass is 32.1. The predicted molar refractivity (Wildman–Crippen MR) is 45.0 cm³/mol. The van der Waals surface area contributed by atoms with Gasteiger partial charge in [0, 0.05) is 0 Å². The van der Waals surface area contributed by atoms with Gasteiger partial charge < -0.3 is 0 Å². The summed E-state index contributed by atoms with van der Waals surface area (Å²) in [5.74, 6) is 0. The molecule has 2 heteroatoms. The lowest BCUT2D eigenvalue weighted by molar-refractivity contribution is 1.62. The number of hydrogen-bond acceptors (Lipinski definition) is 1. The van der Waals surface area contributed by atoms with Crippen molar-refractivity contribution in [1.82, 2.24) is 0 Å². The third-order valence-corrected chi connectivity index (χ3v) is 1.12. The van der Waals surface area contributed by atoms with Crippen LogP contribution in [0.1, 0.15) is 13.8 Å². The molecule has 0 saturated carbocycles. The van der Waals surface area contributed by atoms with E-state index in [1.807, 2.05) is 19.1 Å². The Morgan fingerprint density at radius 2 is 2.12 bits per heavy atom.